The largest absolute Gasteiger partial charge is 0.359 e. The topological polar surface area (TPSA) is 38.8 Å². The highest BCUT2D eigenvalue weighted by Gasteiger charge is 2.30. The van der Waals surface area contributed by atoms with Crippen LogP contribution in [0.5, 0.6) is 0 Å². The second-order valence-corrected chi connectivity index (χ2v) is 2.56. The van der Waals surface area contributed by atoms with Crippen molar-refractivity contribution in [2.24, 2.45) is 0 Å². The summed E-state index contributed by atoms with van der Waals surface area (Å²) in [5.74, 6) is -0.0259. The lowest BCUT2D eigenvalue weighted by Crippen LogP contribution is -2.27. The number of rotatable bonds is 4. The third-order valence-corrected chi connectivity index (χ3v) is 1.80. The number of ether oxygens (including phenoxy) is 2. The first kappa shape index (κ1) is 9.22. The molecule has 0 aromatic heterocycles. The summed E-state index contributed by atoms with van der Waals surface area (Å²) in [7, 11) is 1.53. The fraction of sp³-hybridized carbons (Fsp3) is 0.625. The molecular formula is C8H13NO3. The number of nitrogens with zero attached hydrogens (tertiary/aromatic N) is 1. The Bertz CT molecular complexity index is 181. The van der Waals surface area contributed by atoms with Gasteiger partial charge in [-0.05, 0) is 6.20 Å². The molecule has 1 heterocycles. The average Bonchev–Trinajstić information content (AvgIpc) is 2.43. The fourth-order valence-electron chi connectivity index (χ4n) is 1.16. The first-order valence-corrected chi connectivity index (χ1v) is 3.83. The van der Waals surface area contributed by atoms with Gasteiger partial charge in [0.05, 0.1) is 0 Å². The maximum atomic E-state index is 11.3. The number of carbonyl (C=O) groups is 1. The van der Waals surface area contributed by atoms with Crippen LogP contribution in [0.2, 0.25) is 0 Å². The van der Waals surface area contributed by atoms with E-state index in [0.29, 0.717) is 13.0 Å². The number of hydrogen-bond acceptors (Lipinski definition) is 3. The molecule has 0 radical (unpaired) electrons. The summed E-state index contributed by atoms with van der Waals surface area (Å²) in [4.78, 5) is 12.9. The van der Waals surface area contributed by atoms with Crippen LogP contribution in [0.15, 0.2) is 12.8 Å². The molecule has 1 amide bonds. The van der Waals surface area contributed by atoms with Crippen molar-refractivity contribution in [1.29, 1.82) is 0 Å². The molecule has 4 heteroatoms. The molecule has 0 spiro atoms. The Kier molecular flexibility index (Phi) is 3.25. The van der Waals surface area contributed by atoms with Gasteiger partial charge in [-0.2, -0.15) is 0 Å². The summed E-state index contributed by atoms with van der Waals surface area (Å²) in [6.07, 6.45) is 1.90. The third kappa shape index (κ3) is 1.84. The van der Waals surface area contributed by atoms with Gasteiger partial charge in [-0.25, -0.2) is 0 Å². The maximum absolute atomic E-state index is 11.3. The molecule has 0 bridgehead atoms. The summed E-state index contributed by atoms with van der Waals surface area (Å²) in [5, 5.41) is 0. The van der Waals surface area contributed by atoms with E-state index in [1.165, 1.54) is 13.3 Å². The second kappa shape index (κ2) is 4.23. The summed E-state index contributed by atoms with van der Waals surface area (Å²) < 4.78 is 9.84. The van der Waals surface area contributed by atoms with E-state index in [-0.39, 0.29) is 18.8 Å². The standard InChI is InChI=1S/C8H13NO3/c1-3-9-5-4-7(8(9)10)12-6-11-2/h3,7H,1,4-6H2,2H3/t7-/m0/s1. The van der Waals surface area contributed by atoms with Gasteiger partial charge >= 0.3 is 0 Å². The predicted molar refractivity (Wildman–Crippen MR) is 43.3 cm³/mol. The number of amides is 1. The monoisotopic (exact) mass is 171 g/mol. The van der Waals surface area contributed by atoms with Gasteiger partial charge in [0.1, 0.15) is 12.9 Å². The minimum absolute atomic E-state index is 0.0259. The molecule has 0 unspecified atom stereocenters. The van der Waals surface area contributed by atoms with Crippen molar-refractivity contribution in [2.45, 2.75) is 12.5 Å². The molecule has 1 saturated heterocycles. The Morgan fingerprint density at radius 2 is 2.58 bits per heavy atom. The molecule has 68 valence electrons. The zero-order chi connectivity index (χ0) is 8.97. The van der Waals surface area contributed by atoms with Crippen LogP contribution in [-0.2, 0) is 14.3 Å². The molecule has 12 heavy (non-hydrogen) atoms. The smallest absolute Gasteiger partial charge is 0.255 e. The Morgan fingerprint density at radius 1 is 1.83 bits per heavy atom. The lowest BCUT2D eigenvalue weighted by molar-refractivity contribution is -0.142. The molecule has 0 saturated carbocycles. The van der Waals surface area contributed by atoms with Gasteiger partial charge in [-0.3, -0.25) is 4.79 Å². The fourth-order valence-corrected chi connectivity index (χ4v) is 1.16. The first-order chi connectivity index (χ1) is 5.79. The van der Waals surface area contributed by atoms with Gasteiger partial charge in [0, 0.05) is 20.1 Å². The van der Waals surface area contributed by atoms with Crippen molar-refractivity contribution in [1.82, 2.24) is 4.90 Å². The zero-order valence-corrected chi connectivity index (χ0v) is 7.16. The summed E-state index contributed by atoms with van der Waals surface area (Å²) >= 11 is 0. The Labute approximate surface area is 71.7 Å². The number of methoxy groups -OCH3 is 1. The summed E-state index contributed by atoms with van der Waals surface area (Å²) in [6, 6.07) is 0. The van der Waals surface area contributed by atoms with E-state index in [1.54, 1.807) is 4.90 Å². The van der Waals surface area contributed by atoms with E-state index < -0.39 is 0 Å². The molecule has 4 nitrogen and oxygen atoms in total. The molecular weight excluding hydrogens is 158 g/mol. The van der Waals surface area contributed by atoms with E-state index in [0.717, 1.165) is 0 Å². The van der Waals surface area contributed by atoms with Crippen LogP contribution in [0.1, 0.15) is 6.42 Å². The van der Waals surface area contributed by atoms with Crippen LogP contribution in [0, 0.1) is 0 Å². The Balaban J connectivity index is 2.38. The van der Waals surface area contributed by atoms with E-state index >= 15 is 0 Å². The van der Waals surface area contributed by atoms with Crippen molar-refractivity contribution in [3.05, 3.63) is 12.8 Å². The molecule has 1 atom stereocenters. The van der Waals surface area contributed by atoms with Crippen LogP contribution >= 0.6 is 0 Å². The van der Waals surface area contributed by atoms with Crippen molar-refractivity contribution in [3.63, 3.8) is 0 Å². The third-order valence-electron chi connectivity index (χ3n) is 1.80. The minimum Gasteiger partial charge on any atom is -0.359 e. The molecule has 0 aliphatic carbocycles. The van der Waals surface area contributed by atoms with Gasteiger partial charge in [0.15, 0.2) is 0 Å². The van der Waals surface area contributed by atoms with Crippen LogP contribution in [0.4, 0.5) is 0 Å². The molecule has 1 aliphatic rings. The van der Waals surface area contributed by atoms with Gasteiger partial charge in [-0.15, -0.1) is 0 Å². The highest BCUT2D eigenvalue weighted by molar-refractivity contribution is 5.83. The van der Waals surface area contributed by atoms with Crippen LogP contribution in [-0.4, -0.2) is 37.4 Å². The highest BCUT2D eigenvalue weighted by Crippen LogP contribution is 2.13. The molecule has 0 aromatic rings. The van der Waals surface area contributed by atoms with Crippen molar-refractivity contribution < 1.29 is 14.3 Å². The van der Waals surface area contributed by atoms with Crippen molar-refractivity contribution >= 4 is 5.91 Å². The van der Waals surface area contributed by atoms with Crippen LogP contribution < -0.4 is 0 Å². The van der Waals surface area contributed by atoms with Gasteiger partial charge in [0.2, 0.25) is 0 Å². The molecule has 1 fully saturated rings. The van der Waals surface area contributed by atoms with Crippen LogP contribution in [0.3, 0.4) is 0 Å². The Morgan fingerprint density at radius 3 is 3.08 bits per heavy atom. The first-order valence-electron chi connectivity index (χ1n) is 3.83. The Hall–Kier alpha value is -0.870. The highest BCUT2D eigenvalue weighted by atomic mass is 16.7. The predicted octanol–water partition coefficient (Wildman–Crippen LogP) is 0.351. The molecule has 1 aliphatic heterocycles. The summed E-state index contributed by atoms with van der Waals surface area (Å²) in [5.41, 5.74) is 0. The van der Waals surface area contributed by atoms with E-state index in [2.05, 4.69) is 6.58 Å². The summed E-state index contributed by atoms with van der Waals surface area (Å²) in [6.45, 7) is 4.39. The average molecular weight is 171 g/mol. The zero-order valence-electron chi connectivity index (χ0n) is 7.16. The lowest BCUT2D eigenvalue weighted by Gasteiger charge is -2.10. The van der Waals surface area contributed by atoms with Gasteiger partial charge in [-0.1, -0.05) is 6.58 Å². The van der Waals surface area contributed by atoms with Gasteiger partial charge < -0.3 is 14.4 Å². The van der Waals surface area contributed by atoms with Crippen LogP contribution in [0.25, 0.3) is 0 Å². The van der Waals surface area contributed by atoms with Crippen molar-refractivity contribution in [2.75, 3.05) is 20.4 Å². The molecule has 1 rings (SSSR count). The quantitative estimate of drug-likeness (QED) is 0.573. The van der Waals surface area contributed by atoms with Gasteiger partial charge in [0.25, 0.3) is 5.91 Å². The lowest BCUT2D eigenvalue weighted by atomic mass is 10.3. The normalized spacial score (nSPS) is 23.2. The van der Waals surface area contributed by atoms with E-state index in [1.807, 2.05) is 0 Å². The maximum Gasteiger partial charge on any atom is 0.255 e. The number of likely N-dealkylation sites (tertiary alicyclic amines) is 1. The number of hydrogen-bond donors (Lipinski definition) is 0. The second-order valence-electron chi connectivity index (χ2n) is 2.56. The SMILES string of the molecule is C=CN1CC[C@H](OCOC)C1=O. The van der Waals surface area contributed by atoms with E-state index in [4.69, 9.17) is 9.47 Å². The number of carbonyl (C=O) groups excluding carboxylic acids is 1. The van der Waals surface area contributed by atoms with E-state index in [9.17, 15) is 4.79 Å². The van der Waals surface area contributed by atoms with Crippen molar-refractivity contribution in [3.8, 4) is 0 Å². The molecule has 0 N–H and O–H groups in total. The minimum atomic E-state index is -0.344. The molecule has 0 aromatic carbocycles.